The summed E-state index contributed by atoms with van der Waals surface area (Å²) in [5.74, 6) is 0.757. The Bertz CT molecular complexity index is 1090. The Morgan fingerprint density at radius 3 is 2.97 bits per heavy atom. The first-order chi connectivity index (χ1) is 14.4. The van der Waals surface area contributed by atoms with Gasteiger partial charge in [-0.3, -0.25) is 4.79 Å². The average Bonchev–Trinajstić information content (AvgIpc) is 3.31. The number of benzene rings is 1. The highest BCUT2D eigenvalue weighted by molar-refractivity contribution is 7.99. The third-order valence-electron chi connectivity index (χ3n) is 6.35. The summed E-state index contributed by atoms with van der Waals surface area (Å²) < 4.78 is 0. The van der Waals surface area contributed by atoms with Crippen molar-refractivity contribution in [2.45, 2.75) is 51.6 Å². The van der Waals surface area contributed by atoms with Crippen LogP contribution in [0.2, 0.25) is 0 Å². The fourth-order valence-corrected chi connectivity index (χ4v) is 6.02. The highest BCUT2D eigenvalue weighted by Crippen LogP contribution is 2.45. The van der Waals surface area contributed by atoms with E-state index in [4.69, 9.17) is 0 Å². The van der Waals surface area contributed by atoms with E-state index in [1.54, 1.807) is 11.3 Å². The Morgan fingerprint density at radius 1 is 1.43 bits per heavy atom. The third kappa shape index (κ3) is 4.12. The topological polar surface area (TPSA) is 81.6 Å². The first-order valence-corrected chi connectivity index (χ1v) is 12.1. The van der Waals surface area contributed by atoms with Gasteiger partial charge in [-0.05, 0) is 48.3 Å². The lowest BCUT2D eigenvalue weighted by Gasteiger charge is -2.36. The summed E-state index contributed by atoms with van der Waals surface area (Å²) in [6.45, 7) is 6.91. The number of imidazole rings is 1. The SMILES string of the molecule is CCC(C)(C)C1CCc2c(sc(NC(=O)CSc3nc4ccccc4[nH]3)c2C#N)C1. The van der Waals surface area contributed by atoms with Gasteiger partial charge in [0.05, 0.1) is 22.3 Å². The van der Waals surface area contributed by atoms with Gasteiger partial charge < -0.3 is 10.3 Å². The molecule has 30 heavy (non-hydrogen) atoms. The molecular formula is C23H26N4OS2. The van der Waals surface area contributed by atoms with Crippen molar-refractivity contribution in [1.29, 1.82) is 5.26 Å². The number of carbonyl (C=O) groups excluding carboxylic acids is 1. The molecule has 2 N–H and O–H groups in total. The molecule has 3 aromatic rings. The van der Waals surface area contributed by atoms with Crippen LogP contribution >= 0.6 is 23.1 Å². The van der Waals surface area contributed by atoms with Crippen LogP contribution in [-0.2, 0) is 17.6 Å². The van der Waals surface area contributed by atoms with Crippen molar-refractivity contribution >= 4 is 45.0 Å². The average molecular weight is 439 g/mol. The fourth-order valence-electron chi connectivity index (χ4n) is 4.04. The van der Waals surface area contributed by atoms with Gasteiger partial charge in [-0.25, -0.2) is 4.98 Å². The molecule has 1 aromatic carbocycles. The molecule has 1 amide bonds. The number of hydrogen-bond donors (Lipinski definition) is 2. The predicted octanol–water partition coefficient (Wildman–Crippen LogP) is 5.77. The third-order valence-corrected chi connectivity index (χ3v) is 8.40. The molecule has 7 heteroatoms. The Hall–Kier alpha value is -2.30. The summed E-state index contributed by atoms with van der Waals surface area (Å²) >= 11 is 2.96. The molecule has 0 bridgehead atoms. The molecule has 1 unspecified atom stereocenters. The maximum Gasteiger partial charge on any atom is 0.235 e. The lowest BCUT2D eigenvalue weighted by atomic mass is 9.69. The summed E-state index contributed by atoms with van der Waals surface area (Å²) in [5, 5.41) is 14.1. The summed E-state index contributed by atoms with van der Waals surface area (Å²) in [7, 11) is 0. The number of nitrogens with one attached hydrogen (secondary N) is 2. The van der Waals surface area contributed by atoms with Gasteiger partial charge in [-0.2, -0.15) is 5.26 Å². The molecule has 1 aliphatic rings. The van der Waals surface area contributed by atoms with Gasteiger partial charge in [-0.1, -0.05) is 51.1 Å². The summed E-state index contributed by atoms with van der Waals surface area (Å²) in [4.78, 5) is 21.6. The highest BCUT2D eigenvalue weighted by Gasteiger charge is 2.34. The molecule has 2 aromatic heterocycles. The molecule has 156 valence electrons. The van der Waals surface area contributed by atoms with Crippen molar-refractivity contribution in [2.75, 3.05) is 11.1 Å². The Kier molecular flexibility index (Phi) is 5.90. The van der Waals surface area contributed by atoms with E-state index in [0.717, 1.165) is 47.4 Å². The van der Waals surface area contributed by atoms with E-state index >= 15 is 0 Å². The van der Waals surface area contributed by atoms with Crippen LogP contribution in [0.25, 0.3) is 11.0 Å². The van der Waals surface area contributed by atoms with Crippen molar-refractivity contribution in [3.63, 3.8) is 0 Å². The zero-order valence-corrected chi connectivity index (χ0v) is 19.2. The van der Waals surface area contributed by atoms with E-state index in [9.17, 15) is 10.1 Å². The highest BCUT2D eigenvalue weighted by atomic mass is 32.2. The molecule has 2 heterocycles. The second-order valence-electron chi connectivity index (χ2n) is 8.50. The number of H-pyrrole nitrogens is 1. The van der Waals surface area contributed by atoms with E-state index in [1.807, 2.05) is 24.3 Å². The number of thiophene rings is 1. The number of rotatable bonds is 6. The predicted molar refractivity (Wildman–Crippen MR) is 124 cm³/mol. The van der Waals surface area contributed by atoms with Crippen LogP contribution in [0.4, 0.5) is 5.00 Å². The number of nitriles is 1. The van der Waals surface area contributed by atoms with Crippen molar-refractivity contribution in [3.8, 4) is 6.07 Å². The smallest absolute Gasteiger partial charge is 0.235 e. The quantitative estimate of drug-likeness (QED) is 0.479. The Balaban J connectivity index is 1.44. The van der Waals surface area contributed by atoms with Crippen molar-refractivity contribution in [2.24, 2.45) is 11.3 Å². The molecule has 0 saturated carbocycles. The van der Waals surface area contributed by atoms with Gasteiger partial charge in [0.15, 0.2) is 5.16 Å². The van der Waals surface area contributed by atoms with Crippen molar-refractivity contribution < 1.29 is 4.79 Å². The number of aromatic amines is 1. The van der Waals surface area contributed by atoms with Crippen molar-refractivity contribution in [3.05, 3.63) is 40.3 Å². The maximum absolute atomic E-state index is 12.6. The number of amides is 1. The number of anilines is 1. The molecule has 0 aliphatic heterocycles. The molecule has 0 fully saturated rings. The Labute approximate surface area is 185 Å². The van der Waals surface area contributed by atoms with E-state index < -0.39 is 0 Å². The van der Waals surface area contributed by atoms with Crippen LogP contribution in [0.1, 0.15) is 49.6 Å². The molecule has 0 saturated heterocycles. The van der Waals surface area contributed by atoms with E-state index in [1.165, 1.54) is 16.6 Å². The van der Waals surface area contributed by atoms with Crippen LogP contribution in [0.5, 0.6) is 0 Å². The minimum absolute atomic E-state index is 0.110. The maximum atomic E-state index is 12.6. The number of nitrogens with zero attached hydrogens (tertiary/aromatic N) is 2. The number of hydrogen-bond acceptors (Lipinski definition) is 5. The lowest BCUT2D eigenvalue weighted by molar-refractivity contribution is -0.113. The number of carbonyl (C=O) groups is 1. The van der Waals surface area contributed by atoms with Crippen LogP contribution in [-0.4, -0.2) is 21.6 Å². The van der Waals surface area contributed by atoms with E-state index in [0.29, 0.717) is 21.9 Å². The van der Waals surface area contributed by atoms with E-state index in [2.05, 4.69) is 42.1 Å². The number of para-hydroxylation sites is 2. The summed E-state index contributed by atoms with van der Waals surface area (Å²) in [6.07, 6.45) is 4.17. The summed E-state index contributed by atoms with van der Waals surface area (Å²) in [6, 6.07) is 10.1. The second-order valence-corrected chi connectivity index (χ2v) is 10.6. The fraction of sp³-hybridized carbons (Fsp3) is 0.435. The second kappa shape index (κ2) is 8.44. The van der Waals surface area contributed by atoms with Crippen LogP contribution < -0.4 is 5.32 Å². The largest absolute Gasteiger partial charge is 0.333 e. The Morgan fingerprint density at radius 2 is 2.23 bits per heavy atom. The van der Waals surface area contributed by atoms with E-state index in [-0.39, 0.29) is 11.7 Å². The molecule has 1 atom stereocenters. The van der Waals surface area contributed by atoms with Gasteiger partial charge in [0.25, 0.3) is 0 Å². The normalized spacial score (nSPS) is 16.3. The first-order valence-electron chi connectivity index (χ1n) is 10.3. The standard InChI is InChI=1S/C23H26N4OS2/c1-4-23(2,3)14-9-10-15-16(12-24)21(30-19(15)11-14)27-20(28)13-29-22-25-17-7-5-6-8-18(17)26-22/h5-8,14H,4,9-11,13H2,1-3H3,(H,25,26)(H,27,28). The molecule has 0 spiro atoms. The molecular weight excluding hydrogens is 412 g/mol. The molecule has 0 radical (unpaired) electrons. The van der Waals surface area contributed by atoms with Gasteiger partial charge >= 0.3 is 0 Å². The monoisotopic (exact) mass is 438 g/mol. The zero-order valence-electron chi connectivity index (χ0n) is 17.5. The summed E-state index contributed by atoms with van der Waals surface area (Å²) in [5.41, 5.74) is 3.95. The number of fused-ring (bicyclic) bond motifs is 2. The number of aromatic nitrogens is 2. The molecule has 5 nitrogen and oxygen atoms in total. The molecule has 1 aliphatic carbocycles. The van der Waals surface area contributed by atoms with Gasteiger partial charge in [0.2, 0.25) is 5.91 Å². The van der Waals surface area contributed by atoms with Gasteiger partial charge in [-0.15, -0.1) is 11.3 Å². The number of thioether (sulfide) groups is 1. The minimum Gasteiger partial charge on any atom is -0.333 e. The van der Waals surface area contributed by atoms with Crippen LogP contribution in [0.3, 0.4) is 0 Å². The van der Waals surface area contributed by atoms with Gasteiger partial charge in [0.1, 0.15) is 11.1 Å². The van der Waals surface area contributed by atoms with Crippen LogP contribution in [0, 0.1) is 22.7 Å². The lowest BCUT2D eigenvalue weighted by Crippen LogP contribution is -2.28. The minimum atomic E-state index is -0.110. The van der Waals surface area contributed by atoms with Crippen LogP contribution in [0.15, 0.2) is 29.4 Å². The zero-order chi connectivity index (χ0) is 21.3. The molecule has 4 rings (SSSR count). The van der Waals surface area contributed by atoms with Gasteiger partial charge in [0, 0.05) is 4.88 Å². The van der Waals surface area contributed by atoms with Crippen molar-refractivity contribution in [1.82, 2.24) is 9.97 Å². The first kappa shape index (κ1) is 21.0.